The summed E-state index contributed by atoms with van der Waals surface area (Å²) in [7, 11) is 0. The molecular weight excluding hydrogens is 690 g/mol. The normalized spacial score (nSPS) is 12.2. The van der Waals surface area contributed by atoms with Crippen molar-refractivity contribution in [3.05, 3.63) is 82.9 Å². The van der Waals surface area contributed by atoms with Crippen LogP contribution in [0.2, 0.25) is 0 Å². The molecular formula is C22H15BrI2N2O4. The minimum absolute atomic E-state index is 0.165. The summed E-state index contributed by atoms with van der Waals surface area (Å²) in [5.41, 5.74) is 4.93. The first-order chi connectivity index (χ1) is 15.0. The first-order valence-corrected chi connectivity index (χ1v) is 12.0. The fourth-order valence-corrected chi connectivity index (χ4v) is 5.19. The van der Waals surface area contributed by atoms with E-state index in [1.54, 1.807) is 24.4 Å². The van der Waals surface area contributed by atoms with Crippen molar-refractivity contribution in [3.63, 3.8) is 0 Å². The van der Waals surface area contributed by atoms with E-state index in [-0.39, 0.29) is 12.7 Å². The highest BCUT2D eigenvalue weighted by molar-refractivity contribution is 14.1. The van der Waals surface area contributed by atoms with E-state index in [0.717, 1.165) is 28.5 Å². The number of ether oxygens (including phenoxy) is 3. The molecule has 3 aromatic carbocycles. The van der Waals surface area contributed by atoms with E-state index >= 15 is 0 Å². The number of halogens is 3. The smallest absolute Gasteiger partial charge is 0.271 e. The summed E-state index contributed by atoms with van der Waals surface area (Å²) in [6.07, 6.45) is 1.60. The summed E-state index contributed by atoms with van der Waals surface area (Å²) in [5.74, 6) is 1.69. The second-order valence-corrected chi connectivity index (χ2v) is 9.74. The molecule has 0 aliphatic carbocycles. The highest BCUT2D eigenvalue weighted by Crippen LogP contribution is 2.32. The number of carbonyl (C=O) groups excluding carboxylic acids is 1. The summed E-state index contributed by atoms with van der Waals surface area (Å²) < 4.78 is 19.5. The predicted octanol–water partition coefficient (Wildman–Crippen LogP) is 5.73. The van der Waals surface area contributed by atoms with Crippen LogP contribution in [-0.2, 0) is 6.61 Å². The molecule has 0 fully saturated rings. The van der Waals surface area contributed by atoms with Gasteiger partial charge in [0.05, 0.1) is 13.4 Å². The third-order valence-corrected chi connectivity index (χ3v) is 6.46. The summed E-state index contributed by atoms with van der Waals surface area (Å²) in [6, 6.07) is 16.9. The molecule has 6 nitrogen and oxygen atoms in total. The number of nitrogens with one attached hydrogen (secondary N) is 1. The zero-order chi connectivity index (χ0) is 21.8. The minimum atomic E-state index is -0.326. The minimum Gasteiger partial charge on any atom is -0.487 e. The summed E-state index contributed by atoms with van der Waals surface area (Å²) in [4.78, 5) is 12.3. The second-order valence-electron chi connectivity index (χ2n) is 6.50. The molecule has 31 heavy (non-hydrogen) atoms. The molecule has 1 N–H and O–H groups in total. The molecule has 0 aromatic heterocycles. The summed E-state index contributed by atoms with van der Waals surface area (Å²) in [5, 5.41) is 4.08. The lowest BCUT2D eigenvalue weighted by Gasteiger charge is -2.11. The van der Waals surface area contributed by atoms with E-state index in [9.17, 15) is 4.79 Å². The molecule has 0 bridgehead atoms. The summed E-state index contributed by atoms with van der Waals surface area (Å²) >= 11 is 7.91. The molecule has 1 aliphatic heterocycles. The number of carbonyl (C=O) groups is 1. The lowest BCUT2D eigenvalue weighted by molar-refractivity contribution is 0.0954. The van der Waals surface area contributed by atoms with Gasteiger partial charge >= 0.3 is 0 Å². The Bertz CT molecular complexity index is 1130. The van der Waals surface area contributed by atoms with Crippen LogP contribution in [0.25, 0.3) is 0 Å². The van der Waals surface area contributed by atoms with Crippen LogP contribution in [0.4, 0.5) is 0 Å². The quantitative estimate of drug-likeness (QED) is 0.202. The van der Waals surface area contributed by atoms with Crippen LogP contribution >= 0.6 is 61.1 Å². The van der Waals surface area contributed by atoms with Gasteiger partial charge in [-0.05, 0) is 98.8 Å². The van der Waals surface area contributed by atoms with Crippen LogP contribution in [0.1, 0.15) is 21.5 Å². The van der Waals surface area contributed by atoms with Crippen LogP contribution in [0.5, 0.6) is 17.2 Å². The van der Waals surface area contributed by atoms with Crippen LogP contribution in [-0.4, -0.2) is 18.9 Å². The van der Waals surface area contributed by atoms with Crippen molar-refractivity contribution in [2.75, 3.05) is 6.79 Å². The van der Waals surface area contributed by atoms with Crippen molar-refractivity contribution in [1.82, 2.24) is 5.43 Å². The van der Waals surface area contributed by atoms with Gasteiger partial charge in [0.25, 0.3) is 5.91 Å². The van der Waals surface area contributed by atoms with Crippen molar-refractivity contribution < 1.29 is 19.0 Å². The average molecular weight is 705 g/mol. The SMILES string of the molecule is O=C(N/N=C\c1cc(I)c(OCc2ccc(Br)cc2)c(I)c1)c1ccc2c(c1)OCO2. The fraction of sp³-hybridized carbons (Fsp3) is 0.0909. The Morgan fingerprint density at radius 1 is 1.06 bits per heavy atom. The maximum Gasteiger partial charge on any atom is 0.271 e. The molecule has 1 amide bonds. The Morgan fingerprint density at radius 2 is 1.77 bits per heavy atom. The van der Waals surface area contributed by atoms with Gasteiger partial charge in [0.15, 0.2) is 11.5 Å². The number of amides is 1. The Kier molecular flexibility index (Phi) is 7.33. The Labute approximate surface area is 214 Å². The molecule has 3 aromatic rings. The van der Waals surface area contributed by atoms with Crippen LogP contribution in [0.3, 0.4) is 0 Å². The van der Waals surface area contributed by atoms with Crippen molar-refractivity contribution in [1.29, 1.82) is 0 Å². The number of benzene rings is 3. The molecule has 1 aliphatic rings. The van der Waals surface area contributed by atoms with Gasteiger partial charge in [-0.25, -0.2) is 5.43 Å². The molecule has 0 spiro atoms. The average Bonchev–Trinajstić information content (AvgIpc) is 3.22. The van der Waals surface area contributed by atoms with Crippen molar-refractivity contribution in [2.45, 2.75) is 6.61 Å². The predicted molar refractivity (Wildman–Crippen MR) is 138 cm³/mol. The molecule has 9 heteroatoms. The van der Waals surface area contributed by atoms with E-state index in [4.69, 9.17) is 14.2 Å². The van der Waals surface area contributed by atoms with Crippen LogP contribution < -0.4 is 19.6 Å². The maximum atomic E-state index is 12.3. The highest BCUT2D eigenvalue weighted by atomic mass is 127. The molecule has 1 heterocycles. The number of hydrogen-bond donors (Lipinski definition) is 1. The third kappa shape index (κ3) is 5.69. The van der Waals surface area contributed by atoms with Crippen molar-refractivity contribution in [2.24, 2.45) is 5.10 Å². The lowest BCUT2D eigenvalue weighted by atomic mass is 10.2. The zero-order valence-corrected chi connectivity index (χ0v) is 21.8. The Morgan fingerprint density at radius 3 is 2.52 bits per heavy atom. The van der Waals surface area contributed by atoms with Gasteiger partial charge in [0, 0.05) is 10.0 Å². The standard InChI is InChI=1S/C22H15BrI2N2O4/c23-16-4-1-13(2-5-16)11-29-21-17(24)7-14(8-18(21)25)10-26-27-22(28)15-3-6-19-20(9-15)31-12-30-19/h1-10H,11-12H2,(H,27,28)/b26-10-. The number of rotatable bonds is 6. The first-order valence-electron chi connectivity index (χ1n) is 9.09. The number of hydrazone groups is 1. The Hall–Kier alpha value is -1.86. The Balaban J connectivity index is 1.38. The molecule has 0 saturated carbocycles. The van der Waals surface area contributed by atoms with E-state index in [1.165, 1.54) is 0 Å². The van der Waals surface area contributed by atoms with E-state index in [1.807, 2.05) is 36.4 Å². The van der Waals surface area contributed by atoms with Crippen molar-refractivity contribution in [3.8, 4) is 17.2 Å². The lowest BCUT2D eigenvalue weighted by Crippen LogP contribution is -2.17. The molecule has 0 unspecified atom stereocenters. The van der Waals surface area contributed by atoms with Gasteiger partial charge in [-0.3, -0.25) is 4.79 Å². The molecule has 4 rings (SSSR count). The molecule has 0 radical (unpaired) electrons. The first kappa shape index (κ1) is 22.3. The van der Waals surface area contributed by atoms with Crippen LogP contribution in [0.15, 0.2) is 64.2 Å². The molecule has 0 saturated heterocycles. The zero-order valence-electron chi connectivity index (χ0n) is 15.9. The second kappa shape index (κ2) is 10.2. The van der Waals surface area contributed by atoms with Gasteiger partial charge < -0.3 is 14.2 Å². The highest BCUT2D eigenvalue weighted by Gasteiger charge is 2.16. The van der Waals surface area contributed by atoms with E-state index < -0.39 is 0 Å². The monoisotopic (exact) mass is 704 g/mol. The number of fused-ring (bicyclic) bond motifs is 1. The fourth-order valence-electron chi connectivity index (χ4n) is 2.80. The molecule has 0 atom stereocenters. The van der Waals surface area contributed by atoms with E-state index in [0.29, 0.717) is 23.7 Å². The van der Waals surface area contributed by atoms with Crippen molar-refractivity contribution >= 4 is 73.2 Å². The maximum absolute atomic E-state index is 12.3. The topological polar surface area (TPSA) is 69.2 Å². The van der Waals surface area contributed by atoms with Gasteiger partial charge in [-0.1, -0.05) is 28.1 Å². The van der Waals surface area contributed by atoms with Crippen LogP contribution in [0, 0.1) is 7.14 Å². The van der Waals surface area contributed by atoms with Gasteiger partial charge in [-0.15, -0.1) is 0 Å². The van der Waals surface area contributed by atoms with Gasteiger partial charge in [0.2, 0.25) is 6.79 Å². The van der Waals surface area contributed by atoms with Gasteiger partial charge in [-0.2, -0.15) is 5.10 Å². The van der Waals surface area contributed by atoms with Gasteiger partial charge in [0.1, 0.15) is 12.4 Å². The van der Waals surface area contributed by atoms with E-state index in [2.05, 4.69) is 71.6 Å². The number of hydrogen-bond acceptors (Lipinski definition) is 5. The number of nitrogens with zero attached hydrogens (tertiary/aromatic N) is 1. The largest absolute Gasteiger partial charge is 0.487 e. The summed E-state index contributed by atoms with van der Waals surface area (Å²) in [6.45, 7) is 0.650. The molecule has 158 valence electrons. The third-order valence-electron chi connectivity index (χ3n) is 4.33.